The Balaban J connectivity index is 1.72. The average Bonchev–Trinajstić information content (AvgIpc) is 3.03. The summed E-state index contributed by atoms with van der Waals surface area (Å²) in [5.74, 6) is -1.16. The number of likely N-dealkylation sites (tertiary alicyclic amines) is 1. The molecule has 2 aliphatic heterocycles. The largest absolute Gasteiger partial charge is 0.480 e. The number of hydrogen-bond acceptors (Lipinski definition) is 3. The molecule has 1 aromatic carbocycles. The summed E-state index contributed by atoms with van der Waals surface area (Å²) in [7, 11) is 0. The molecule has 1 N–H and O–H groups in total. The lowest BCUT2D eigenvalue weighted by Crippen LogP contribution is -2.43. The van der Waals surface area contributed by atoms with Crippen molar-refractivity contribution in [1.29, 1.82) is 0 Å². The number of amides is 1. The molecule has 3 rings (SSSR count). The Morgan fingerprint density at radius 2 is 2.05 bits per heavy atom. The lowest BCUT2D eigenvalue weighted by molar-refractivity contribution is -0.150. The van der Waals surface area contributed by atoms with Gasteiger partial charge in [-0.1, -0.05) is 6.07 Å². The van der Waals surface area contributed by atoms with E-state index in [0.717, 1.165) is 16.7 Å². The van der Waals surface area contributed by atoms with E-state index >= 15 is 0 Å². The summed E-state index contributed by atoms with van der Waals surface area (Å²) in [4.78, 5) is 24.6. The lowest BCUT2D eigenvalue weighted by atomic mass is 10.0. The van der Waals surface area contributed by atoms with Crippen molar-refractivity contribution in [3.63, 3.8) is 0 Å². The molecule has 1 saturated heterocycles. The predicted molar refractivity (Wildman–Crippen MR) is 76.7 cm³/mol. The highest BCUT2D eigenvalue weighted by Crippen LogP contribution is 2.33. The zero-order valence-corrected chi connectivity index (χ0v) is 12.6. The summed E-state index contributed by atoms with van der Waals surface area (Å²) in [5.41, 5.74) is 0.839. The van der Waals surface area contributed by atoms with E-state index < -0.39 is 24.3 Å². The van der Waals surface area contributed by atoms with Crippen LogP contribution in [0.4, 0.5) is 4.39 Å². The van der Waals surface area contributed by atoms with Crippen molar-refractivity contribution in [2.45, 2.75) is 38.5 Å². The number of nitrogens with zero attached hydrogens (tertiary/aromatic N) is 1. The molecule has 1 aromatic rings. The molecule has 5 nitrogen and oxygen atoms in total. The Bertz CT molecular complexity index is 629. The van der Waals surface area contributed by atoms with Gasteiger partial charge in [0, 0.05) is 19.4 Å². The highest BCUT2D eigenvalue weighted by atomic mass is 19.1. The first-order valence-corrected chi connectivity index (χ1v) is 7.28. The number of aliphatic carboxylic acids is 1. The van der Waals surface area contributed by atoms with Crippen LogP contribution >= 0.6 is 0 Å². The molecule has 0 aliphatic carbocycles. The van der Waals surface area contributed by atoms with Crippen LogP contribution in [0.25, 0.3) is 0 Å². The average molecular weight is 307 g/mol. The Labute approximate surface area is 127 Å². The fourth-order valence-electron chi connectivity index (χ4n) is 2.99. The van der Waals surface area contributed by atoms with Gasteiger partial charge in [-0.15, -0.1) is 0 Å². The van der Waals surface area contributed by atoms with E-state index in [1.807, 2.05) is 26.0 Å². The molecule has 0 saturated carbocycles. The van der Waals surface area contributed by atoms with Crippen LogP contribution in [0.15, 0.2) is 12.1 Å². The number of ether oxygens (including phenoxy) is 1. The standard InChI is InChI=1S/C16H18FNO4/c1-9-5-11-7-13(22-12(11)6-10(9)2)14(19)18-4-3-16(17,8-18)15(20)21/h5-6,13H,3-4,7-8H2,1-2H3,(H,20,21). The van der Waals surface area contributed by atoms with E-state index in [-0.39, 0.29) is 18.9 Å². The van der Waals surface area contributed by atoms with Crippen LogP contribution in [-0.4, -0.2) is 46.7 Å². The molecule has 1 fully saturated rings. The van der Waals surface area contributed by atoms with Gasteiger partial charge in [0.05, 0.1) is 6.54 Å². The van der Waals surface area contributed by atoms with Crippen LogP contribution in [0.2, 0.25) is 0 Å². The van der Waals surface area contributed by atoms with Crippen LogP contribution in [0.1, 0.15) is 23.1 Å². The van der Waals surface area contributed by atoms with Gasteiger partial charge in [-0.2, -0.15) is 0 Å². The summed E-state index contributed by atoms with van der Waals surface area (Å²) in [6.45, 7) is 3.67. The van der Waals surface area contributed by atoms with E-state index in [1.165, 1.54) is 4.90 Å². The summed E-state index contributed by atoms with van der Waals surface area (Å²) >= 11 is 0. The van der Waals surface area contributed by atoms with Gasteiger partial charge in [-0.05, 0) is 36.6 Å². The number of carbonyl (C=O) groups excluding carboxylic acids is 1. The lowest BCUT2D eigenvalue weighted by Gasteiger charge is -2.21. The van der Waals surface area contributed by atoms with Crippen molar-refractivity contribution < 1.29 is 23.8 Å². The fraction of sp³-hybridized carbons (Fsp3) is 0.500. The molecule has 0 spiro atoms. The van der Waals surface area contributed by atoms with E-state index in [1.54, 1.807) is 0 Å². The first kappa shape index (κ1) is 14.8. The first-order valence-electron chi connectivity index (χ1n) is 7.28. The Morgan fingerprint density at radius 3 is 2.68 bits per heavy atom. The van der Waals surface area contributed by atoms with E-state index in [4.69, 9.17) is 9.84 Å². The van der Waals surface area contributed by atoms with Crippen molar-refractivity contribution in [2.24, 2.45) is 0 Å². The smallest absolute Gasteiger partial charge is 0.343 e. The minimum atomic E-state index is -2.34. The number of halogens is 1. The van der Waals surface area contributed by atoms with Crippen LogP contribution < -0.4 is 4.74 Å². The van der Waals surface area contributed by atoms with Gasteiger partial charge >= 0.3 is 5.97 Å². The number of carbonyl (C=O) groups is 2. The van der Waals surface area contributed by atoms with Gasteiger partial charge in [0.1, 0.15) is 5.75 Å². The summed E-state index contributed by atoms with van der Waals surface area (Å²) < 4.78 is 19.8. The highest BCUT2D eigenvalue weighted by molar-refractivity contribution is 5.85. The third kappa shape index (κ3) is 2.32. The van der Waals surface area contributed by atoms with Crippen molar-refractivity contribution in [3.05, 3.63) is 28.8 Å². The van der Waals surface area contributed by atoms with Crippen molar-refractivity contribution in [2.75, 3.05) is 13.1 Å². The zero-order valence-electron chi connectivity index (χ0n) is 12.6. The summed E-state index contributed by atoms with van der Waals surface area (Å²) in [6, 6.07) is 3.90. The zero-order chi connectivity index (χ0) is 16.1. The molecule has 2 aliphatic rings. The van der Waals surface area contributed by atoms with E-state index in [2.05, 4.69) is 0 Å². The minimum Gasteiger partial charge on any atom is -0.480 e. The number of carboxylic acid groups (broad SMARTS) is 1. The Hall–Kier alpha value is -2.11. The maximum Gasteiger partial charge on any atom is 0.343 e. The first-order chi connectivity index (χ1) is 10.3. The number of rotatable bonds is 2. The Morgan fingerprint density at radius 1 is 1.36 bits per heavy atom. The number of carboxylic acids is 1. The monoisotopic (exact) mass is 307 g/mol. The summed E-state index contributed by atoms with van der Waals surface area (Å²) in [6.07, 6.45) is -0.420. The number of hydrogen-bond donors (Lipinski definition) is 1. The van der Waals surface area contributed by atoms with Crippen LogP contribution in [0.3, 0.4) is 0 Å². The topological polar surface area (TPSA) is 66.8 Å². The third-order valence-corrected chi connectivity index (χ3v) is 4.54. The van der Waals surface area contributed by atoms with Crippen LogP contribution in [0, 0.1) is 13.8 Å². The predicted octanol–water partition coefficient (Wildman–Crippen LogP) is 1.63. The molecule has 1 amide bonds. The van der Waals surface area contributed by atoms with Gasteiger partial charge < -0.3 is 14.7 Å². The van der Waals surface area contributed by atoms with Crippen molar-refractivity contribution in [1.82, 2.24) is 4.90 Å². The fourth-order valence-corrected chi connectivity index (χ4v) is 2.99. The molecule has 2 heterocycles. The van der Waals surface area contributed by atoms with Gasteiger partial charge in [-0.3, -0.25) is 4.79 Å². The van der Waals surface area contributed by atoms with Crippen molar-refractivity contribution >= 4 is 11.9 Å². The second-order valence-electron chi connectivity index (χ2n) is 6.14. The quantitative estimate of drug-likeness (QED) is 0.902. The number of benzene rings is 1. The molecule has 22 heavy (non-hydrogen) atoms. The van der Waals surface area contributed by atoms with Gasteiger partial charge in [-0.25, -0.2) is 9.18 Å². The molecule has 0 radical (unpaired) electrons. The second kappa shape index (κ2) is 4.97. The van der Waals surface area contributed by atoms with E-state index in [9.17, 15) is 14.0 Å². The Kier molecular flexibility index (Phi) is 3.34. The molecular formula is C16H18FNO4. The summed E-state index contributed by atoms with van der Waals surface area (Å²) in [5, 5.41) is 8.90. The van der Waals surface area contributed by atoms with Gasteiger partial charge in [0.2, 0.25) is 5.67 Å². The minimum absolute atomic E-state index is 0.107. The molecule has 118 valence electrons. The maximum absolute atomic E-state index is 14.1. The van der Waals surface area contributed by atoms with Crippen LogP contribution in [0.5, 0.6) is 5.75 Å². The van der Waals surface area contributed by atoms with Crippen molar-refractivity contribution in [3.8, 4) is 5.75 Å². The second-order valence-corrected chi connectivity index (χ2v) is 6.14. The maximum atomic E-state index is 14.1. The van der Waals surface area contributed by atoms with Gasteiger partial charge in [0.15, 0.2) is 6.10 Å². The van der Waals surface area contributed by atoms with Crippen LogP contribution in [-0.2, 0) is 16.0 Å². The molecule has 6 heteroatoms. The number of aryl methyl sites for hydroxylation is 2. The molecule has 0 bridgehead atoms. The highest BCUT2D eigenvalue weighted by Gasteiger charge is 2.48. The normalized spacial score (nSPS) is 26.7. The molecule has 2 unspecified atom stereocenters. The van der Waals surface area contributed by atoms with E-state index in [0.29, 0.717) is 12.2 Å². The SMILES string of the molecule is Cc1cc2c(cc1C)OC(C(=O)N1CCC(F)(C(=O)O)C1)C2. The number of alkyl halides is 1. The number of fused-ring (bicyclic) bond motifs is 1. The molecular weight excluding hydrogens is 289 g/mol. The van der Waals surface area contributed by atoms with Gasteiger partial charge in [0.25, 0.3) is 5.91 Å². The molecule has 2 atom stereocenters. The third-order valence-electron chi connectivity index (χ3n) is 4.54. The molecule has 0 aromatic heterocycles.